The van der Waals surface area contributed by atoms with Crippen LogP contribution in [0.5, 0.6) is 0 Å². The summed E-state index contributed by atoms with van der Waals surface area (Å²) in [6.45, 7) is 3.82. The molecule has 0 radical (unpaired) electrons. The average Bonchev–Trinajstić information content (AvgIpc) is 3.42. The van der Waals surface area contributed by atoms with Gasteiger partial charge < -0.3 is 14.2 Å². The number of Topliss-reactive ketones (excluding diaryl/α,β-unsaturated/α-hetero) is 1. The van der Waals surface area contributed by atoms with Crippen LogP contribution >= 0.6 is 0 Å². The molecule has 1 aromatic carbocycles. The van der Waals surface area contributed by atoms with E-state index >= 15 is 0 Å². The third-order valence-electron chi connectivity index (χ3n) is 6.16. The Morgan fingerprint density at radius 3 is 2.62 bits per heavy atom. The van der Waals surface area contributed by atoms with Crippen LogP contribution in [-0.4, -0.2) is 55.3 Å². The van der Waals surface area contributed by atoms with E-state index in [0.717, 1.165) is 12.1 Å². The van der Waals surface area contributed by atoms with E-state index < -0.39 is 22.4 Å². The predicted molar refractivity (Wildman–Crippen MR) is 119 cm³/mol. The number of esters is 1. The number of benzene rings is 1. The molecular formula is C23H26N2O6S. The molecule has 2 aliphatic rings. The van der Waals surface area contributed by atoms with Gasteiger partial charge in [0.2, 0.25) is 11.7 Å². The maximum Gasteiger partial charge on any atom is 0.338 e. The monoisotopic (exact) mass is 458 g/mol. The van der Waals surface area contributed by atoms with Gasteiger partial charge in [0.15, 0.2) is 16.4 Å². The van der Waals surface area contributed by atoms with Crippen molar-refractivity contribution in [3.63, 3.8) is 0 Å². The van der Waals surface area contributed by atoms with E-state index in [0.29, 0.717) is 36.3 Å². The summed E-state index contributed by atoms with van der Waals surface area (Å²) in [6, 6.07) is 8.17. The molecule has 32 heavy (non-hydrogen) atoms. The van der Waals surface area contributed by atoms with Crippen molar-refractivity contribution >= 4 is 33.2 Å². The smallest absolute Gasteiger partial charge is 0.338 e. The van der Waals surface area contributed by atoms with Crippen LogP contribution in [0.3, 0.4) is 0 Å². The highest BCUT2D eigenvalue weighted by atomic mass is 32.2. The number of aromatic nitrogens is 1. The summed E-state index contributed by atoms with van der Waals surface area (Å²) < 4.78 is 30.9. The summed E-state index contributed by atoms with van der Waals surface area (Å²) in [5.41, 5.74) is 2.83. The first kappa shape index (κ1) is 22.3. The zero-order chi connectivity index (χ0) is 23.0. The molecule has 0 N–H and O–H groups in total. The fourth-order valence-electron chi connectivity index (χ4n) is 4.61. The molecule has 3 heterocycles. The summed E-state index contributed by atoms with van der Waals surface area (Å²) in [5, 5.41) is 0. The van der Waals surface area contributed by atoms with Crippen LogP contribution in [0.25, 0.3) is 0 Å². The van der Waals surface area contributed by atoms with Gasteiger partial charge in [-0.25, -0.2) is 13.2 Å². The highest BCUT2D eigenvalue weighted by Crippen LogP contribution is 2.29. The van der Waals surface area contributed by atoms with Crippen molar-refractivity contribution in [2.75, 3.05) is 29.6 Å². The minimum absolute atomic E-state index is 0.0242. The lowest BCUT2D eigenvalue weighted by Gasteiger charge is -2.16. The van der Waals surface area contributed by atoms with Crippen LogP contribution in [0, 0.1) is 13.8 Å². The molecule has 0 saturated carbocycles. The van der Waals surface area contributed by atoms with Crippen molar-refractivity contribution in [2.45, 2.75) is 39.2 Å². The molecule has 4 rings (SSSR count). The molecular weight excluding hydrogens is 432 g/mol. The molecule has 2 fully saturated rings. The van der Waals surface area contributed by atoms with Crippen LogP contribution in [0.15, 0.2) is 30.3 Å². The minimum Gasteiger partial charge on any atom is -0.454 e. The molecule has 0 aliphatic carbocycles. The van der Waals surface area contributed by atoms with Crippen molar-refractivity contribution in [1.29, 1.82) is 0 Å². The Balaban J connectivity index is 1.44. The highest BCUT2D eigenvalue weighted by Gasteiger charge is 2.32. The first-order chi connectivity index (χ1) is 15.2. The fourth-order valence-corrected chi connectivity index (χ4v) is 6.31. The number of amides is 1. The zero-order valence-corrected chi connectivity index (χ0v) is 19.0. The van der Waals surface area contributed by atoms with Crippen LogP contribution in [0.1, 0.15) is 57.4 Å². The molecule has 1 amide bonds. The number of aryl methyl sites for hydroxylation is 1. The molecule has 1 atom stereocenters. The second-order valence-corrected chi connectivity index (χ2v) is 10.6. The molecule has 2 aromatic rings. The first-order valence-corrected chi connectivity index (χ1v) is 12.5. The minimum atomic E-state index is -3.05. The van der Waals surface area contributed by atoms with E-state index in [2.05, 4.69) is 0 Å². The summed E-state index contributed by atoms with van der Waals surface area (Å²) in [7, 11) is -3.05. The number of carbonyl (C=O) groups is 3. The highest BCUT2D eigenvalue weighted by molar-refractivity contribution is 7.91. The zero-order valence-electron chi connectivity index (χ0n) is 18.2. The average molecular weight is 459 g/mol. The summed E-state index contributed by atoms with van der Waals surface area (Å²) in [5.74, 6) is -0.734. The predicted octanol–water partition coefficient (Wildman–Crippen LogP) is 2.63. The van der Waals surface area contributed by atoms with Crippen molar-refractivity contribution < 1.29 is 27.5 Å². The third-order valence-corrected chi connectivity index (χ3v) is 7.91. The van der Waals surface area contributed by atoms with Gasteiger partial charge in [0.25, 0.3) is 0 Å². The molecule has 0 spiro atoms. The Hall–Kier alpha value is -2.94. The Kier molecular flexibility index (Phi) is 5.94. The second-order valence-electron chi connectivity index (χ2n) is 8.41. The second kappa shape index (κ2) is 8.54. The SMILES string of the molecule is Cc1cc(C(=O)COC(=O)c2cccc(N3CCCC3=O)c2)c(C)n1C1CCS(=O)(=O)C1. The lowest BCUT2D eigenvalue weighted by molar-refractivity contribution is -0.117. The number of ketones is 1. The molecule has 0 bridgehead atoms. The molecule has 2 aliphatic heterocycles. The van der Waals surface area contributed by atoms with Gasteiger partial charge in [-0.15, -0.1) is 0 Å². The number of carbonyl (C=O) groups excluding carboxylic acids is 3. The topological polar surface area (TPSA) is 103 Å². The third kappa shape index (κ3) is 4.34. The van der Waals surface area contributed by atoms with Crippen molar-refractivity contribution in [2.24, 2.45) is 0 Å². The first-order valence-electron chi connectivity index (χ1n) is 10.7. The summed E-state index contributed by atoms with van der Waals surface area (Å²) in [6.07, 6.45) is 1.80. The lowest BCUT2D eigenvalue weighted by atomic mass is 10.1. The number of hydrogen-bond acceptors (Lipinski definition) is 6. The van der Waals surface area contributed by atoms with E-state index in [4.69, 9.17) is 4.74 Å². The van der Waals surface area contributed by atoms with Crippen molar-refractivity contribution in [3.8, 4) is 0 Å². The number of nitrogens with zero attached hydrogens (tertiary/aromatic N) is 2. The van der Waals surface area contributed by atoms with Gasteiger partial charge in [0.1, 0.15) is 0 Å². The molecule has 170 valence electrons. The number of anilines is 1. The lowest BCUT2D eigenvalue weighted by Crippen LogP contribution is -2.24. The normalized spacial score (nSPS) is 20.0. The maximum atomic E-state index is 12.8. The Morgan fingerprint density at radius 1 is 1.19 bits per heavy atom. The van der Waals surface area contributed by atoms with Gasteiger partial charge >= 0.3 is 5.97 Å². The Labute approximate surface area is 187 Å². The van der Waals surface area contributed by atoms with Crippen LogP contribution in [0.2, 0.25) is 0 Å². The number of sulfone groups is 1. The van der Waals surface area contributed by atoms with Gasteiger partial charge in [-0.05, 0) is 51.0 Å². The molecule has 2 saturated heterocycles. The van der Waals surface area contributed by atoms with E-state index in [-0.39, 0.29) is 34.8 Å². The van der Waals surface area contributed by atoms with E-state index in [1.54, 1.807) is 42.2 Å². The maximum absolute atomic E-state index is 12.8. The van der Waals surface area contributed by atoms with E-state index in [1.807, 2.05) is 11.5 Å². The molecule has 1 unspecified atom stereocenters. The number of hydrogen-bond donors (Lipinski definition) is 0. The van der Waals surface area contributed by atoms with Crippen LogP contribution < -0.4 is 4.90 Å². The van der Waals surface area contributed by atoms with Gasteiger partial charge in [-0.3, -0.25) is 9.59 Å². The Morgan fingerprint density at radius 2 is 1.97 bits per heavy atom. The molecule has 9 heteroatoms. The van der Waals surface area contributed by atoms with E-state index in [9.17, 15) is 22.8 Å². The fraction of sp³-hybridized carbons (Fsp3) is 0.435. The van der Waals surface area contributed by atoms with Crippen LogP contribution in [-0.2, 0) is 19.4 Å². The van der Waals surface area contributed by atoms with Gasteiger partial charge in [-0.2, -0.15) is 0 Å². The van der Waals surface area contributed by atoms with Gasteiger partial charge in [-0.1, -0.05) is 6.07 Å². The van der Waals surface area contributed by atoms with Crippen molar-refractivity contribution in [3.05, 3.63) is 52.8 Å². The summed E-state index contributed by atoms with van der Waals surface area (Å²) in [4.78, 5) is 38.9. The molecule has 8 nitrogen and oxygen atoms in total. The summed E-state index contributed by atoms with van der Waals surface area (Å²) >= 11 is 0. The largest absolute Gasteiger partial charge is 0.454 e. The number of rotatable bonds is 6. The van der Waals surface area contributed by atoms with Crippen LogP contribution in [0.4, 0.5) is 5.69 Å². The van der Waals surface area contributed by atoms with Gasteiger partial charge in [0.05, 0.1) is 17.1 Å². The van der Waals surface area contributed by atoms with Gasteiger partial charge in [0, 0.05) is 41.6 Å². The Bertz CT molecular complexity index is 1200. The molecule has 1 aromatic heterocycles. The standard InChI is InChI=1S/C23H26N2O6S/c1-15-11-20(16(2)25(15)19-8-10-32(29,30)14-19)21(26)13-31-23(28)17-5-3-6-18(12-17)24-9-4-7-22(24)27/h3,5-6,11-12,19H,4,7-10,13-14H2,1-2H3. The van der Waals surface area contributed by atoms with Crippen molar-refractivity contribution in [1.82, 2.24) is 4.57 Å². The van der Waals surface area contributed by atoms with E-state index in [1.165, 1.54) is 0 Å². The quantitative estimate of drug-likeness (QED) is 0.487. The number of ether oxygens (including phenoxy) is 1.